The van der Waals surface area contributed by atoms with Crippen LogP contribution in [-0.4, -0.2) is 35.1 Å². The predicted octanol–water partition coefficient (Wildman–Crippen LogP) is 2.48. The molecule has 1 aliphatic heterocycles. The summed E-state index contributed by atoms with van der Waals surface area (Å²) in [5.41, 5.74) is 0.483. The van der Waals surface area contributed by atoms with E-state index in [0.717, 1.165) is 11.3 Å². The molecule has 0 amide bonds. The van der Waals surface area contributed by atoms with Crippen LogP contribution in [0.25, 0.3) is 10.6 Å². The molecule has 3 rings (SSSR count). The van der Waals surface area contributed by atoms with Gasteiger partial charge in [-0.05, 0) is 18.2 Å². The Balaban J connectivity index is 2.06. The highest BCUT2D eigenvalue weighted by atomic mass is 32.1. The minimum absolute atomic E-state index is 0.146. The molecular weight excluding hydrogens is 294 g/mol. The predicted molar refractivity (Wildman–Crippen MR) is 75.5 cm³/mol. The minimum Gasteiger partial charge on any atom is -0.486 e. The van der Waals surface area contributed by atoms with E-state index >= 15 is 0 Å². The van der Waals surface area contributed by atoms with Crippen LogP contribution >= 0.6 is 11.3 Å². The Morgan fingerprint density at radius 2 is 1.95 bits per heavy atom. The van der Waals surface area contributed by atoms with Crippen molar-refractivity contribution >= 4 is 23.1 Å². The lowest BCUT2D eigenvalue weighted by atomic mass is 10.2. The number of carbonyl (C=O) groups excluding carboxylic acids is 1. The summed E-state index contributed by atoms with van der Waals surface area (Å²) in [7, 11) is 0. The maximum absolute atomic E-state index is 11.5. The summed E-state index contributed by atoms with van der Waals surface area (Å²) in [6.45, 7) is 2.29. The summed E-state index contributed by atoms with van der Waals surface area (Å²) in [5.74, 6) is -0.282. The van der Waals surface area contributed by atoms with Crippen molar-refractivity contribution in [1.29, 1.82) is 0 Å². The Labute approximate surface area is 124 Å². The lowest BCUT2D eigenvalue weighted by Gasteiger charge is -2.18. The Morgan fingerprint density at radius 3 is 2.57 bits per heavy atom. The highest BCUT2D eigenvalue weighted by Gasteiger charge is 2.22. The number of ether oxygens (including phenoxy) is 2. The van der Waals surface area contributed by atoms with Gasteiger partial charge in [-0.3, -0.25) is 4.79 Å². The van der Waals surface area contributed by atoms with Crippen molar-refractivity contribution in [1.82, 2.24) is 4.98 Å². The molecule has 0 spiro atoms. The van der Waals surface area contributed by atoms with E-state index in [2.05, 4.69) is 4.98 Å². The molecule has 0 aliphatic carbocycles. The Kier molecular flexibility index (Phi) is 3.34. The van der Waals surface area contributed by atoms with Crippen LogP contribution < -0.4 is 9.47 Å². The van der Waals surface area contributed by atoms with Crippen molar-refractivity contribution in [2.75, 3.05) is 13.2 Å². The van der Waals surface area contributed by atoms with Crippen molar-refractivity contribution in [3.63, 3.8) is 0 Å². The summed E-state index contributed by atoms with van der Waals surface area (Å²) < 4.78 is 10.9. The van der Waals surface area contributed by atoms with Crippen molar-refractivity contribution in [2.24, 2.45) is 0 Å². The van der Waals surface area contributed by atoms with E-state index in [0.29, 0.717) is 35.3 Å². The van der Waals surface area contributed by atoms with Gasteiger partial charge in [0.15, 0.2) is 23.0 Å². The van der Waals surface area contributed by atoms with Crippen molar-refractivity contribution in [2.45, 2.75) is 6.92 Å². The molecule has 108 valence electrons. The van der Waals surface area contributed by atoms with Crippen LogP contribution in [0.3, 0.4) is 0 Å². The molecule has 6 nitrogen and oxygen atoms in total. The van der Waals surface area contributed by atoms with Gasteiger partial charge in [0.1, 0.15) is 23.1 Å². The standard InChI is InChI=1S/C14H11NO5S/c1-7(16)12-11(14(17)18)15-13(21-12)8-2-3-9-10(6-8)20-5-4-19-9/h2-3,6H,4-5H2,1H3,(H,17,18). The van der Waals surface area contributed by atoms with Crippen LogP contribution in [0.2, 0.25) is 0 Å². The molecule has 0 saturated carbocycles. The number of hydrogen-bond acceptors (Lipinski definition) is 6. The van der Waals surface area contributed by atoms with Crippen molar-refractivity contribution in [3.8, 4) is 22.1 Å². The third kappa shape index (κ3) is 2.47. The molecule has 1 aromatic carbocycles. The number of rotatable bonds is 3. The van der Waals surface area contributed by atoms with Gasteiger partial charge < -0.3 is 14.6 Å². The Bertz CT molecular complexity index is 705. The molecule has 0 fully saturated rings. The molecule has 1 N–H and O–H groups in total. The lowest BCUT2D eigenvalue weighted by molar-refractivity contribution is 0.0687. The lowest BCUT2D eigenvalue weighted by Crippen LogP contribution is -2.15. The minimum atomic E-state index is -1.21. The number of carboxylic acid groups (broad SMARTS) is 1. The zero-order valence-electron chi connectivity index (χ0n) is 11.1. The van der Waals surface area contributed by atoms with Gasteiger partial charge >= 0.3 is 5.97 Å². The van der Waals surface area contributed by atoms with E-state index < -0.39 is 5.97 Å². The second-order valence-corrected chi connectivity index (χ2v) is 5.42. The fraction of sp³-hybridized carbons (Fsp3) is 0.214. The number of ketones is 1. The number of Topliss-reactive ketones (excluding diaryl/α,β-unsaturated/α-hetero) is 1. The second kappa shape index (κ2) is 5.17. The zero-order valence-corrected chi connectivity index (χ0v) is 11.9. The monoisotopic (exact) mass is 305 g/mol. The Hall–Kier alpha value is -2.41. The molecule has 2 aromatic rings. The van der Waals surface area contributed by atoms with Gasteiger partial charge in [0, 0.05) is 12.5 Å². The van der Waals surface area contributed by atoms with Crippen LogP contribution in [0.4, 0.5) is 0 Å². The largest absolute Gasteiger partial charge is 0.486 e. The third-order valence-corrected chi connectivity index (χ3v) is 4.14. The SMILES string of the molecule is CC(=O)c1sc(-c2ccc3c(c2)OCCO3)nc1C(=O)O. The van der Waals surface area contributed by atoms with Gasteiger partial charge in [0.05, 0.1) is 0 Å². The second-order valence-electron chi connectivity index (χ2n) is 4.42. The normalized spacial score (nSPS) is 13.0. The molecule has 0 radical (unpaired) electrons. The first-order valence-electron chi connectivity index (χ1n) is 6.21. The van der Waals surface area contributed by atoms with Crippen LogP contribution in [0.5, 0.6) is 11.5 Å². The molecular formula is C14H11NO5S. The first-order chi connectivity index (χ1) is 10.1. The number of aromatic nitrogens is 1. The van der Waals surface area contributed by atoms with E-state index in [1.165, 1.54) is 6.92 Å². The number of aromatic carboxylic acids is 1. The number of benzene rings is 1. The van der Waals surface area contributed by atoms with Gasteiger partial charge in [-0.1, -0.05) is 0 Å². The molecule has 0 unspecified atom stereocenters. The summed E-state index contributed by atoms with van der Waals surface area (Å²) >= 11 is 1.06. The molecule has 1 aromatic heterocycles. The number of hydrogen-bond donors (Lipinski definition) is 1. The molecule has 0 atom stereocenters. The first kappa shape index (κ1) is 13.6. The van der Waals surface area contributed by atoms with Gasteiger partial charge in [0.2, 0.25) is 0 Å². The van der Waals surface area contributed by atoms with Crippen LogP contribution in [0.15, 0.2) is 18.2 Å². The van der Waals surface area contributed by atoms with E-state index in [4.69, 9.17) is 14.6 Å². The van der Waals surface area contributed by atoms with E-state index in [1.54, 1.807) is 18.2 Å². The van der Waals surface area contributed by atoms with Gasteiger partial charge in [-0.2, -0.15) is 0 Å². The highest BCUT2D eigenvalue weighted by molar-refractivity contribution is 7.17. The van der Waals surface area contributed by atoms with Crippen LogP contribution in [0.1, 0.15) is 27.1 Å². The number of carbonyl (C=O) groups is 2. The zero-order chi connectivity index (χ0) is 15.0. The van der Waals surface area contributed by atoms with Crippen LogP contribution in [-0.2, 0) is 0 Å². The molecule has 2 heterocycles. The van der Waals surface area contributed by atoms with E-state index in [-0.39, 0.29) is 16.4 Å². The van der Waals surface area contributed by atoms with Gasteiger partial charge in [0.25, 0.3) is 0 Å². The average Bonchev–Trinajstić information content (AvgIpc) is 2.92. The van der Waals surface area contributed by atoms with Gasteiger partial charge in [-0.15, -0.1) is 11.3 Å². The smallest absolute Gasteiger partial charge is 0.356 e. The number of carboxylic acids is 1. The van der Waals surface area contributed by atoms with E-state index in [1.807, 2.05) is 0 Å². The summed E-state index contributed by atoms with van der Waals surface area (Å²) in [5, 5.41) is 9.58. The summed E-state index contributed by atoms with van der Waals surface area (Å²) in [4.78, 5) is 26.9. The molecule has 1 aliphatic rings. The number of fused-ring (bicyclic) bond motifs is 1. The molecule has 7 heteroatoms. The molecule has 0 saturated heterocycles. The van der Waals surface area contributed by atoms with Crippen LogP contribution in [0, 0.1) is 0 Å². The topological polar surface area (TPSA) is 85.7 Å². The fourth-order valence-electron chi connectivity index (χ4n) is 2.00. The number of nitrogens with zero attached hydrogens (tertiary/aromatic N) is 1. The fourth-order valence-corrected chi connectivity index (χ4v) is 2.95. The maximum Gasteiger partial charge on any atom is 0.356 e. The van der Waals surface area contributed by atoms with Gasteiger partial charge in [-0.25, -0.2) is 9.78 Å². The first-order valence-corrected chi connectivity index (χ1v) is 7.03. The van der Waals surface area contributed by atoms with E-state index in [9.17, 15) is 9.59 Å². The van der Waals surface area contributed by atoms with Crippen molar-refractivity contribution in [3.05, 3.63) is 28.8 Å². The average molecular weight is 305 g/mol. The highest BCUT2D eigenvalue weighted by Crippen LogP contribution is 2.36. The maximum atomic E-state index is 11.5. The van der Waals surface area contributed by atoms with Crippen molar-refractivity contribution < 1.29 is 24.2 Å². The third-order valence-electron chi connectivity index (χ3n) is 2.94. The summed E-state index contributed by atoms with van der Waals surface area (Å²) in [6.07, 6.45) is 0. The molecule has 0 bridgehead atoms. The Morgan fingerprint density at radius 1 is 1.24 bits per heavy atom. The molecule has 21 heavy (non-hydrogen) atoms. The number of thiazole rings is 1. The summed E-state index contributed by atoms with van der Waals surface area (Å²) in [6, 6.07) is 5.25. The quantitative estimate of drug-likeness (QED) is 0.877.